The van der Waals surface area contributed by atoms with E-state index in [-0.39, 0.29) is 6.42 Å². The van der Waals surface area contributed by atoms with Gasteiger partial charge in [-0.15, -0.1) is 0 Å². The van der Waals surface area contributed by atoms with Gasteiger partial charge in [-0.25, -0.2) is 0 Å². The van der Waals surface area contributed by atoms with Gasteiger partial charge in [-0.3, -0.25) is 14.9 Å². The Morgan fingerprint density at radius 3 is 2.69 bits per heavy atom. The second-order valence-electron chi connectivity index (χ2n) is 3.23. The van der Waals surface area contributed by atoms with Gasteiger partial charge < -0.3 is 15.9 Å². The van der Waals surface area contributed by atoms with Crippen LogP contribution in [-0.4, -0.2) is 27.1 Å². The van der Waals surface area contributed by atoms with Gasteiger partial charge in [0.25, 0.3) is 0 Å². The Bertz CT molecular complexity index is 432. The van der Waals surface area contributed by atoms with Gasteiger partial charge in [0.05, 0.1) is 4.92 Å². The van der Waals surface area contributed by atoms with Crippen LogP contribution in [0.2, 0.25) is 0 Å². The maximum absolute atomic E-state index is 10.5. The van der Waals surface area contributed by atoms with Gasteiger partial charge in [0, 0.05) is 6.07 Å². The van der Waals surface area contributed by atoms with Crippen LogP contribution in [0.25, 0.3) is 0 Å². The third kappa shape index (κ3) is 2.67. The minimum Gasteiger partial charge on any atom is -0.502 e. The Morgan fingerprint density at radius 2 is 2.19 bits per heavy atom. The molecule has 0 fully saturated rings. The predicted octanol–water partition coefficient (Wildman–Crippen LogP) is 0.255. The van der Waals surface area contributed by atoms with Crippen LogP contribution >= 0.6 is 0 Å². The molecular weight excluding hydrogens is 222 g/mol. The molecule has 7 heteroatoms. The van der Waals surface area contributed by atoms with Gasteiger partial charge in [0.2, 0.25) is 0 Å². The lowest BCUT2D eigenvalue weighted by molar-refractivity contribution is -0.385. The van der Waals surface area contributed by atoms with Crippen molar-refractivity contribution in [2.45, 2.75) is 12.5 Å². The van der Waals surface area contributed by atoms with Crippen molar-refractivity contribution < 1.29 is 19.9 Å². The van der Waals surface area contributed by atoms with E-state index in [4.69, 9.17) is 15.9 Å². The molecule has 0 aliphatic carbocycles. The lowest BCUT2D eigenvalue weighted by Crippen LogP contribution is -2.32. The smallest absolute Gasteiger partial charge is 0.320 e. The second-order valence-corrected chi connectivity index (χ2v) is 3.23. The Kier molecular flexibility index (Phi) is 3.41. The molecule has 0 bridgehead atoms. The Morgan fingerprint density at radius 1 is 1.56 bits per heavy atom. The highest BCUT2D eigenvalue weighted by Crippen LogP contribution is 2.26. The summed E-state index contributed by atoms with van der Waals surface area (Å²) in [4.78, 5) is 20.2. The number of phenolic OH excluding ortho intramolecular Hbond substituents is 1. The molecule has 0 saturated heterocycles. The summed E-state index contributed by atoms with van der Waals surface area (Å²) in [7, 11) is 0. The zero-order valence-electron chi connectivity index (χ0n) is 8.16. The van der Waals surface area contributed by atoms with Crippen molar-refractivity contribution in [1.29, 1.82) is 0 Å². The molecule has 1 atom stereocenters. The molecule has 16 heavy (non-hydrogen) atoms. The van der Waals surface area contributed by atoms with E-state index in [1.54, 1.807) is 0 Å². The van der Waals surface area contributed by atoms with Crippen LogP contribution in [-0.2, 0) is 11.2 Å². The predicted molar refractivity (Wildman–Crippen MR) is 54.1 cm³/mol. The first-order chi connectivity index (χ1) is 7.41. The number of phenols is 1. The van der Waals surface area contributed by atoms with Crippen LogP contribution in [0.5, 0.6) is 5.75 Å². The highest BCUT2D eigenvalue weighted by Gasteiger charge is 2.17. The number of aromatic hydroxyl groups is 1. The number of hydrogen-bond acceptors (Lipinski definition) is 5. The molecule has 86 valence electrons. The lowest BCUT2D eigenvalue weighted by atomic mass is 10.7. The number of aliphatic carboxylic acids is 1. The maximum atomic E-state index is 10.5. The van der Waals surface area contributed by atoms with E-state index >= 15 is 0 Å². The highest BCUT2D eigenvalue weighted by atomic mass is 16.6. The van der Waals surface area contributed by atoms with E-state index in [1.807, 2.05) is 0 Å². The Labute approximate surface area is 90.3 Å². The van der Waals surface area contributed by atoms with E-state index < -0.39 is 28.4 Å². The van der Waals surface area contributed by atoms with Gasteiger partial charge in [-0.05, 0) is 18.1 Å². The molecule has 1 aromatic rings. The van der Waals surface area contributed by atoms with E-state index in [1.165, 1.54) is 6.07 Å². The zero-order valence-corrected chi connectivity index (χ0v) is 8.16. The number of hydrogen-bond donors (Lipinski definition) is 3. The number of nitrogens with zero attached hydrogens (tertiary/aromatic N) is 1. The molecule has 0 amide bonds. The summed E-state index contributed by atoms with van der Waals surface area (Å²) in [5.41, 5.74) is 5.21. The van der Waals surface area contributed by atoms with Gasteiger partial charge in [-0.1, -0.05) is 6.07 Å². The van der Waals surface area contributed by atoms with Crippen molar-refractivity contribution in [1.82, 2.24) is 0 Å². The Balaban J connectivity index is 2.95. The quantitative estimate of drug-likeness (QED) is 0.388. The standard InChI is InChI=1S/C9H10N2O5/c10-6(9(13)14)3-5-1-2-8(12)7(4-5)11(15)16/h1-2,4,6,12H,3,10H2,(H,13,14)/t6-/m0/s1/i3+1,4+1,5+1,6+1,7+1,8+1. The van der Waals surface area contributed by atoms with Gasteiger partial charge in [0.15, 0.2) is 5.75 Å². The number of nitro groups is 1. The summed E-state index contributed by atoms with van der Waals surface area (Å²) < 4.78 is 0. The number of nitro benzene ring substituents is 1. The molecule has 0 saturated carbocycles. The van der Waals surface area contributed by atoms with Crippen LogP contribution in [0.15, 0.2) is 18.2 Å². The van der Waals surface area contributed by atoms with E-state index in [2.05, 4.69) is 0 Å². The van der Waals surface area contributed by atoms with Crippen molar-refractivity contribution in [3.8, 4) is 5.75 Å². The average molecular weight is 232 g/mol. The average Bonchev–Trinajstić information content (AvgIpc) is 2.20. The summed E-state index contributed by atoms with van der Waals surface area (Å²) in [6.07, 6.45) is -0.0313. The van der Waals surface area contributed by atoms with Gasteiger partial charge in [0.1, 0.15) is 6.04 Å². The minimum absolute atomic E-state index is 0.0313. The summed E-state index contributed by atoms with van der Waals surface area (Å²) in [6.45, 7) is 0. The summed E-state index contributed by atoms with van der Waals surface area (Å²) in [6, 6.07) is 2.52. The molecular formula is C9H10N2O5. The largest absolute Gasteiger partial charge is 0.502 e. The zero-order chi connectivity index (χ0) is 12.3. The number of carboxylic acid groups (broad SMARTS) is 1. The molecule has 0 aliphatic heterocycles. The van der Waals surface area contributed by atoms with Crippen molar-refractivity contribution in [2.24, 2.45) is 5.73 Å². The van der Waals surface area contributed by atoms with Gasteiger partial charge >= 0.3 is 11.7 Å². The van der Waals surface area contributed by atoms with Crippen molar-refractivity contribution in [3.63, 3.8) is 0 Å². The first kappa shape index (κ1) is 11.9. The van der Waals surface area contributed by atoms with Crippen LogP contribution in [0.3, 0.4) is 0 Å². The van der Waals surface area contributed by atoms with E-state index in [0.717, 1.165) is 12.1 Å². The maximum Gasteiger partial charge on any atom is 0.320 e. The number of benzene rings is 1. The molecule has 0 unspecified atom stereocenters. The van der Waals surface area contributed by atoms with Crippen molar-refractivity contribution in [3.05, 3.63) is 33.9 Å². The number of nitrogens with two attached hydrogens (primary N) is 1. The molecule has 1 aromatic carbocycles. The molecule has 0 aromatic heterocycles. The summed E-state index contributed by atoms with van der Waals surface area (Å²) >= 11 is 0. The van der Waals surface area contributed by atoms with Crippen molar-refractivity contribution >= 4 is 11.7 Å². The molecule has 0 radical (unpaired) electrons. The third-order valence-electron chi connectivity index (χ3n) is 2.01. The first-order valence-electron chi connectivity index (χ1n) is 4.36. The number of carboxylic acids is 1. The van der Waals surface area contributed by atoms with Crippen LogP contribution in [0.4, 0.5) is 5.69 Å². The third-order valence-corrected chi connectivity index (χ3v) is 2.01. The number of carbonyl (C=O) groups is 1. The molecule has 0 heterocycles. The monoisotopic (exact) mass is 232 g/mol. The second kappa shape index (κ2) is 4.58. The number of rotatable bonds is 4. The normalized spacial score (nSPS) is 12.1. The van der Waals surface area contributed by atoms with Gasteiger partial charge in [-0.2, -0.15) is 0 Å². The summed E-state index contributed by atoms with van der Waals surface area (Å²) in [5.74, 6) is -1.65. The fraction of sp³-hybridized carbons (Fsp3) is 0.222. The van der Waals surface area contributed by atoms with Crippen LogP contribution < -0.4 is 5.73 Å². The molecule has 7 nitrogen and oxygen atoms in total. The molecule has 0 aliphatic rings. The topological polar surface area (TPSA) is 127 Å². The lowest BCUT2D eigenvalue weighted by Gasteiger charge is -2.06. The fourth-order valence-electron chi connectivity index (χ4n) is 1.18. The SMILES string of the molecule is N[13C@@H]([13CH2][13c]1cc[13c](O)[13c]([N+](=O)[O-])[13cH]1)C(=O)O. The molecule has 0 spiro atoms. The van der Waals surface area contributed by atoms with Crippen LogP contribution in [0, 0.1) is 10.1 Å². The molecule has 1 rings (SSSR count). The van der Waals surface area contributed by atoms with Crippen molar-refractivity contribution in [2.75, 3.05) is 0 Å². The molecule has 4 N–H and O–H groups in total. The summed E-state index contributed by atoms with van der Waals surface area (Å²) in [5, 5.41) is 28.2. The fourth-order valence-corrected chi connectivity index (χ4v) is 1.18. The van der Waals surface area contributed by atoms with E-state index in [0.29, 0.717) is 5.56 Å². The van der Waals surface area contributed by atoms with Crippen LogP contribution in [0.1, 0.15) is 5.56 Å². The highest BCUT2D eigenvalue weighted by molar-refractivity contribution is 5.73. The first-order valence-corrected chi connectivity index (χ1v) is 4.36. The Hall–Kier alpha value is -2.15. The minimum atomic E-state index is -1.18. The van der Waals surface area contributed by atoms with E-state index in [9.17, 15) is 14.9 Å².